The maximum atomic E-state index is 5.50. The molecule has 4 nitrogen and oxygen atoms in total. The minimum absolute atomic E-state index is 0.505. The Morgan fingerprint density at radius 2 is 2.13 bits per heavy atom. The molecule has 0 spiro atoms. The van der Waals surface area contributed by atoms with Gasteiger partial charge in [-0.25, -0.2) is 0 Å². The molecule has 2 unspecified atom stereocenters. The van der Waals surface area contributed by atoms with Gasteiger partial charge in [0.25, 0.3) is 0 Å². The van der Waals surface area contributed by atoms with Crippen LogP contribution < -0.4 is 5.32 Å². The van der Waals surface area contributed by atoms with Gasteiger partial charge in [-0.15, -0.1) is 0 Å². The van der Waals surface area contributed by atoms with E-state index in [0.717, 1.165) is 46.1 Å². The van der Waals surface area contributed by atoms with E-state index in [0.29, 0.717) is 12.1 Å². The molecule has 2 rings (SSSR count). The summed E-state index contributed by atoms with van der Waals surface area (Å²) in [6.45, 7) is 8.88. The maximum absolute atomic E-state index is 5.50. The molecule has 0 aromatic rings. The fourth-order valence-corrected chi connectivity index (χ4v) is 2.33. The molecule has 2 heterocycles. The molecule has 0 bridgehead atoms. The van der Waals surface area contributed by atoms with Gasteiger partial charge in [-0.05, 0) is 6.42 Å². The van der Waals surface area contributed by atoms with Crippen molar-refractivity contribution in [2.45, 2.75) is 25.4 Å². The van der Waals surface area contributed by atoms with E-state index in [1.165, 1.54) is 6.42 Å². The fourth-order valence-electron chi connectivity index (χ4n) is 2.33. The van der Waals surface area contributed by atoms with Crippen molar-refractivity contribution >= 4 is 0 Å². The number of hydrogen-bond donors (Lipinski definition) is 1. The van der Waals surface area contributed by atoms with E-state index < -0.39 is 0 Å². The summed E-state index contributed by atoms with van der Waals surface area (Å²) in [5, 5.41) is 3.50. The molecule has 2 fully saturated rings. The first-order valence-electron chi connectivity index (χ1n) is 6.03. The van der Waals surface area contributed by atoms with Crippen molar-refractivity contribution < 1.29 is 9.47 Å². The van der Waals surface area contributed by atoms with Gasteiger partial charge in [-0.2, -0.15) is 0 Å². The lowest BCUT2D eigenvalue weighted by molar-refractivity contribution is -0.0233. The lowest BCUT2D eigenvalue weighted by atomic mass is 10.1. The summed E-state index contributed by atoms with van der Waals surface area (Å²) in [5.41, 5.74) is 0. The normalized spacial score (nSPS) is 34.2. The summed E-state index contributed by atoms with van der Waals surface area (Å²) < 4.78 is 11.0. The van der Waals surface area contributed by atoms with Crippen LogP contribution in [0.1, 0.15) is 13.3 Å². The van der Waals surface area contributed by atoms with Crippen LogP contribution in [0.4, 0.5) is 0 Å². The molecular formula is C11H22N2O2. The third kappa shape index (κ3) is 3.14. The van der Waals surface area contributed by atoms with Gasteiger partial charge < -0.3 is 14.8 Å². The molecular weight excluding hydrogens is 192 g/mol. The van der Waals surface area contributed by atoms with Crippen molar-refractivity contribution in [3.63, 3.8) is 0 Å². The van der Waals surface area contributed by atoms with Gasteiger partial charge in [-0.1, -0.05) is 6.92 Å². The lowest BCUT2D eigenvalue weighted by Gasteiger charge is -2.38. The summed E-state index contributed by atoms with van der Waals surface area (Å²) in [6.07, 6.45) is 1.17. The maximum Gasteiger partial charge on any atom is 0.0632 e. The van der Waals surface area contributed by atoms with Gasteiger partial charge in [-0.3, -0.25) is 4.90 Å². The molecule has 0 saturated carbocycles. The number of ether oxygens (including phenoxy) is 2. The average Bonchev–Trinajstić information content (AvgIpc) is 2.31. The van der Waals surface area contributed by atoms with Crippen LogP contribution in [0.5, 0.6) is 0 Å². The van der Waals surface area contributed by atoms with Gasteiger partial charge >= 0.3 is 0 Å². The van der Waals surface area contributed by atoms with E-state index in [1.54, 1.807) is 0 Å². The van der Waals surface area contributed by atoms with Crippen molar-refractivity contribution in [1.82, 2.24) is 10.2 Å². The Kier molecular flexibility index (Phi) is 4.38. The highest BCUT2D eigenvalue weighted by Crippen LogP contribution is 2.11. The molecule has 4 heteroatoms. The van der Waals surface area contributed by atoms with E-state index in [-0.39, 0.29) is 0 Å². The van der Waals surface area contributed by atoms with Crippen LogP contribution in [0.3, 0.4) is 0 Å². The van der Waals surface area contributed by atoms with Crippen molar-refractivity contribution in [3.05, 3.63) is 0 Å². The number of hydrogen-bond acceptors (Lipinski definition) is 4. The first-order chi connectivity index (χ1) is 7.40. The third-order valence-electron chi connectivity index (χ3n) is 3.27. The first-order valence-corrected chi connectivity index (χ1v) is 6.03. The summed E-state index contributed by atoms with van der Waals surface area (Å²) in [7, 11) is 0. The SMILES string of the molecule is CCC1COCCN1CC1COCCN1. The van der Waals surface area contributed by atoms with E-state index in [1.807, 2.05) is 0 Å². The zero-order chi connectivity index (χ0) is 10.5. The Labute approximate surface area is 91.9 Å². The molecule has 2 saturated heterocycles. The van der Waals surface area contributed by atoms with Gasteiger partial charge in [0.2, 0.25) is 0 Å². The van der Waals surface area contributed by atoms with Crippen LogP contribution in [-0.4, -0.2) is 63.0 Å². The number of rotatable bonds is 3. The van der Waals surface area contributed by atoms with Crippen molar-refractivity contribution in [1.29, 1.82) is 0 Å². The number of morpholine rings is 2. The highest BCUT2D eigenvalue weighted by molar-refractivity contribution is 4.80. The molecule has 0 radical (unpaired) electrons. The van der Waals surface area contributed by atoms with Crippen LogP contribution in [0.25, 0.3) is 0 Å². The molecule has 88 valence electrons. The molecule has 0 aliphatic carbocycles. The highest BCUT2D eigenvalue weighted by Gasteiger charge is 2.24. The quantitative estimate of drug-likeness (QED) is 0.722. The Hall–Kier alpha value is -0.160. The highest BCUT2D eigenvalue weighted by atomic mass is 16.5. The van der Waals surface area contributed by atoms with Crippen molar-refractivity contribution in [2.75, 3.05) is 46.1 Å². The third-order valence-corrected chi connectivity index (χ3v) is 3.27. The van der Waals surface area contributed by atoms with Gasteiger partial charge in [0.1, 0.15) is 0 Å². The zero-order valence-corrected chi connectivity index (χ0v) is 9.58. The topological polar surface area (TPSA) is 33.7 Å². The molecule has 2 aliphatic heterocycles. The molecule has 0 aromatic heterocycles. The van der Waals surface area contributed by atoms with Crippen molar-refractivity contribution in [3.8, 4) is 0 Å². The molecule has 0 aromatic carbocycles. The predicted molar refractivity (Wildman–Crippen MR) is 59.1 cm³/mol. The van der Waals surface area contributed by atoms with E-state index in [4.69, 9.17) is 9.47 Å². The second-order valence-corrected chi connectivity index (χ2v) is 4.36. The smallest absolute Gasteiger partial charge is 0.0632 e. The standard InChI is InChI=1S/C11H22N2O2/c1-2-11-9-15-6-4-13(11)7-10-8-14-5-3-12-10/h10-12H,2-9H2,1H3. The summed E-state index contributed by atoms with van der Waals surface area (Å²) in [6, 6.07) is 1.10. The Balaban J connectivity index is 1.79. The Bertz CT molecular complexity index is 183. The van der Waals surface area contributed by atoms with E-state index in [2.05, 4.69) is 17.1 Å². The average molecular weight is 214 g/mol. The van der Waals surface area contributed by atoms with Crippen LogP contribution in [-0.2, 0) is 9.47 Å². The minimum Gasteiger partial charge on any atom is -0.378 e. The van der Waals surface area contributed by atoms with Gasteiger partial charge in [0.05, 0.1) is 26.4 Å². The zero-order valence-electron chi connectivity index (χ0n) is 9.58. The van der Waals surface area contributed by atoms with Crippen LogP contribution in [0.15, 0.2) is 0 Å². The van der Waals surface area contributed by atoms with E-state index >= 15 is 0 Å². The number of nitrogens with one attached hydrogen (secondary N) is 1. The monoisotopic (exact) mass is 214 g/mol. The Morgan fingerprint density at radius 3 is 2.87 bits per heavy atom. The molecule has 2 atom stereocenters. The second-order valence-electron chi connectivity index (χ2n) is 4.36. The largest absolute Gasteiger partial charge is 0.378 e. The Morgan fingerprint density at radius 1 is 1.27 bits per heavy atom. The first kappa shape index (κ1) is 11.3. The van der Waals surface area contributed by atoms with Crippen LogP contribution >= 0.6 is 0 Å². The number of nitrogens with zero attached hydrogens (tertiary/aromatic N) is 1. The fraction of sp³-hybridized carbons (Fsp3) is 1.00. The summed E-state index contributed by atoms with van der Waals surface area (Å²) in [5.74, 6) is 0. The molecule has 15 heavy (non-hydrogen) atoms. The van der Waals surface area contributed by atoms with Crippen LogP contribution in [0, 0.1) is 0 Å². The predicted octanol–water partition coefficient (Wildman–Crippen LogP) is 0.0856. The van der Waals surface area contributed by atoms with Crippen LogP contribution in [0.2, 0.25) is 0 Å². The summed E-state index contributed by atoms with van der Waals surface area (Å²) >= 11 is 0. The van der Waals surface area contributed by atoms with Crippen molar-refractivity contribution in [2.24, 2.45) is 0 Å². The summed E-state index contributed by atoms with van der Waals surface area (Å²) in [4.78, 5) is 2.54. The lowest BCUT2D eigenvalue weighted by Crippen LogP contribution is -2.54. The van der Waals surface area contributed by atoms with Gasteiger partial charge in [0, 0.05) is 31.7 Å². The van der Waals surface area contributed by atoms with Gasteiger partial charge in [0.15, 0.2) is 0 Å². The van der Waals surface area contributed by atoms with E-state index in [9.17, 15) is 0 Å². The molecule has 0 amide bonds. The molecule has 2 aliphatic rings. The second kappa shape index (κ2) is 5.80. The minimum atomic E-state index is 0.505. The molecule has 1 N–H and O–H groups in total.